The zero-order valence-corrected chi connectivity index (χ0v) is 11.8. The van der Waals surface area contributed by atoms with E-state index in [1.807, 2.05) is 12.2 Å². The van der Waals surface area contributed by atoms with Gasteiger partial charge in [-0.3, -0.25) is 9.59 Å². The molecule has 2 rings (SSSR count). The molecular weight excluding hydrogens is 280 g/mol. The topological polar surface area (TPSA) is 63.6 Å². The van der Waals surface area contributed by atoms with E-state index in [4.69, 9.17) is 16.3 Å². The van der Waals surface area contributed by atoms with E-state index in [0.29, 0.717) is 29.2 Å². The third-order valence-corrected chi connectivity index (χ3v) is 3.82. The van der Waals surface area contributed by atoms with Gasteiger partial charge in [0, 0.05) is 11.5 Å². The van der Waals surface area contributed by atoms with Gasteiger partial charge in [-0.15, -0.1) is 0 Å². The fraction of sp³-hybridized carbons (Fsp3) is 0.333. The summed E-state index contributed by atoms with van der Waals surface area (Å²) < 4.78 is 5.04. The lowest BCUT2D eigenvalue weighted by atomic mass is 9.78. The van der Waals surface area contributed by atoms with Gasteiger partial charge in [0.05, 0.1) is 18.1 Å². The van der Waals surface area contributed by atoms with Gasteiger partial charge < -0.3 is 9.84 Å². The number of hydrogen-bond acceptors (Lipinski definition) is 3. The van der Waals surface area contributed by atoms with E-state index in [1.165, 1.54) is 13.2 Å². The molecule has 5 heteroatoms. The van der Waals surface area contributed by atoms with Crippen LogP contribution in [0.1, 0.15) is 23.2 Å². The molecule has 1 aromatic rings. The maximum Gasteiger partial charge on any atom is 0.307 e. The first-order valence-corrected chi connectivity index (χ1v) is 6.68. The molecule has 4 nitrogen and oxygen atoms in total. The van der Waals surface area contributed by atoms with Crippen molar-refractivity contribution in [3.8, 4) is 5.75 Å². The van der Waals surface area contributed by atoms with Gasteiger partial charge in [-0.1, -0.05) is 23.8 Å². The number of benzene rings is 1. The quantitative estimate of drug-likeness (QED) is 0.684. The highest BCUT2D eigenvalue weighted by atomic mass is 35.5. The molecule has 1 aromatic carbocycles. The minimum absolute atomic E-state index is 0.189. The van der Waals surface area contributed by atoms with Gasteiger partial charge in [-0.2, -0.15) is 0 Å². The Hall–Kier alpha value is -1.81. The molecule has 2 atom stereocenters. The molecular formula is C15H15ClO4. The number of carboxylic acids is 1. The van der Waals surface area contributed by atoms with Crippen molar-refractivity contribution in [3.05, 3.63) is 40.9 Å². The molecule has 0 fully saturated rings. The fourth-order valence-corrected chi connectivity index (χ4v) is 2.67. The van der Waals surface area contributed by atoms with Gasteiger partial charge in [0.1, 0.15) is 5.75 Å². The highest BCUT2D eigenvalue weighted by Gasteiger charge is 2.34. The van der Waals surface area contributed by atoms with Crippen molar-refractivity contribution in [2.24, 2.45) is 11.8 Å². The third kappa shape index (κ3) is 2.85. The van der Waals surface area contributed by atoms with Crippen molar-refractivity contribution in [1.82, 2.24) is 0 Å². The van der Waals surface area contributed by atoms with Crippen LogP contribution in [-0.2, 0) is 4.79 Å². The van der Waals surface area contributed by atoms with Crippen LogP contribution in [0.25, 0.3) is 0 Å². The highest BCUT2D eigenvalue weighted by molar-refractivity contribution is 6.32. The Morgan fingerprint density at radius 3 is 2.45 bits per heavy atom. The second kappa shape index (κ2) is 6.09. The van der Waals surface area contributed by atoms with Crippen LogP contribution >= 0.6 is 11.6 Å². The molecule has 2 unspecified atom stereocenters. The number of carbonyl (C=O) groups excluding carboxylic acids is 1. The number of allylic oxidation sites excluding steroid dienone is 2. The monoisotopic (exact) mass is 294 g/mol. The summed E-state index contributed by atoms with van der Waals surface area (Å²) in [4.78, 5) is 23.7. The molecule has 0 saturated heterocycles. The van der Waals surface area contributed by atoms with Crippen LogP contribution in [0.3, 0.4) is 0 Å². The van der Waals surface area contributed by atoms with Gasteiger partial charge >= 0.3 is 5.97 Å². The number of hydrogen-bond donors (Lipinski definition) is 1. The van der Waals surface area contributed by atoms with Crippen molar-refractivity contribution in [2.45, 2.75) is 12.8 Å². The lowest BCUT2D eigenvalue weighted by Crippen LogP contribution is -2.31. The van der Waals surface area contributed by atoms with Crippen molar-refractivity contribution >= 4 is 23.4 Å². The Labute approximate surface area is 122 Å². The second-order valence-electron chi connectivity index (χ2n) is 4.71. The van der Waals surface area contributed by atoms with Gasteiger partial charge in [0.25, 0.3) is 0 Å². The van der Waals surface area contributed by atoms with Crippen LogP contribution in [0.15, 0.2) is 30.4 Å². The number of rotatable bonds is 4. The molecule has 0 aliphatic heterocycles. The summed E-state index contributed by atoms with van der Waals surface area (Å²) in [5, 5.41) is 9.55. The Bertz CT molecular complexity index is 565. The Balaban J connectivity index is 2.28. The molecule has 0 saturated carbocycles. The average Bonchev–Trinajstić information content (AvgIpc) is 2.46. The summed E-state index contributed by atoms with van der Waals surface area (Å²) in [7, 11) is 1.50. The summed E-state index contributed by atoms with van der Waals surface area (Å²) in [5.74, 6) is -1.85. The third-order valence-electron chi connectivity index (χ3n) is 3.52. The average molecular weight is 295 g/mol. The molecule has 1 N–H and O–H groups in total. The molecule has 0 aromatic heterocycles. The predicted octanol–water partition coefficient (Wildman–Crippen LogP) is 3.20. The van der Waals surface area contributed by atoms with E-state index in [2.05, 4.69) is 0 Å². The van der Waals surface area contributed by atoms with E-state index >= 15 is 0 Å². The van der Waals surface area contributed by atoms with Crippen molar-refractivity contribution in [2.75, 3.05) is 7.11 Å². The maximum atomic E-state index is 12.5. The van der Waals surface area contributed by atoms with Gasteiger partial charge in [-0.05, 0) is 31.0 Å². The van der Waals surface area contributed by atoms with Crippen LogP contribution in [0.2, 0.25) is 5.02 Å². The van der Waals surface area contributed by atoms with E-state index in [9.17, 15) is 14.7 Å². The van der Waals surface area contributed by atoms with Gasteiger partial charge in [0.15, 0.2) is 5.78 Å². The number of Topliss-reactive ketones (excluding diaryl/α,β-unsaturated/α-hetero) is 1. The van der Waals surface area contributed by atoms with Crippen LogP contribution in [-0.4, -0.2) is 24.0 Å². The Morgan fingerprint density at radius 1 is 1.25 bits per heavy atom. The molecule has 0 radical (unpaired) electrons. The minimum Gasteiger partial charge on any atom is -0.495 e. The summed E-state index contributed by atoms with van der Waals surface area (Å²) in [6.07, 6.45) is 4.49. The lowest BCUT2D eigenvalue weighted by molar-refractivity contribution is -0.143. The molecule has 0 heterocycles. The van der Waals surface area contributed by atoms with Crippen LogP contribution in [0.4, 0.5) is 0 Å². The summed E-state index contributed by atoms with van der Waals surface area (Å²) >= 11 is 6.00. The van der Waals surface area contributed by atoms with Crippen LogP contribution < -0.4 is 4.74 Å². The first kappa shape index (κ1) is 14.6. The smallest absolute Gasteiger partial charge is 0.307 e. The van der Waals surface area contributed by atoms with Crippen LogP contribution in [0, 0.1) is 11.8 Å². The Morgan fingerprint density at radius 2 is 1.90 bits per heavy atom. The second-order valence-corrected chi connectivity index (χ2v) is 5.11. The number of halogens is 1. The number of carboxylic acid groups (broad SMARTS) is 1. The lowest BCUT2D eigenvalue weighted by Gasteiger charge is -2.24. The molecule has 0 bridgehead atoms. The van der Waals surface area contributed by atoms with Gasteiger partial charge in [-0.25, -0.2) is 0 Å². The largest absolute Gasteiger partial charge is 0.495 e. The standard InChI is InChI=1S/C15H15ClO4/c1-20-13-7-6-9(8-12(13)16)14(17)10-4-2-3-5-11(10)15(18)19/h2-3,6-8,10-11H,4-5H2,1H3,(H,18,19). The molecule has 106 valence electrons. The number of carbonyl (C=O) groups is 2. The van der Waals surface area contributed by atoms with Crippen molar-refractivity contribution < 1.29 is 19.4 Å². The number of ether oxygens (including phenoxy) is 1. The molecule has 20 heavy (non-hydrogen) atoms. The van der Waals surface area contributed by atoms with Crippen LogP contribution in [0.5, 0.6) is 5.75 Å². The molecule has 1 aliphatic carbocycles. The fourth-order valence-electron chi connectivity index (χ4n) is 2.41. The molecule has 1 aliphatic rings. The van der Waals surface area contributed by atoms with E-state index in [0.717, 1.165) is 0 Å². The summed E-state index contributed by atoms with van der Waals surface area (Å²) in [6, 6.07) is 4.76. The summed E-state index contributed by atoms with van der Waals surface area (Å²) in [5.41, 5.74) is 0.419. The van der Waals surface area contributed by atoms with E-state index in [1.54, 1.807) is 12.1 Å². The summed E-state index contributed by atoms with van der Waals surface area (Å²) in [6.45, 7) is 0. The first-order chi connectivity index (χ1) is 9.54. The SMILES string of the molecule is COc1ccc(C(=O)C2CC=CCC2C(=O)O)cc1Cl. The number of methoxy groups -OCH3 is 1. The zero-order chi connectivity index (χ0) is 14.7. The van der Waals surface area contributed by atoms with E-state index < -0.39 is 17.8 Å². The maximum absolute atomic E-state index is 12.5. The van der Waals surface area contributed by atoms with Crippen molar-refractivity contribution in [3.63, 3.8) is 0 Å². The highest BCUT2D eigenvalue weighted by Crippen LogP contribution is 2.31. The van der Waals surface area contributed by atoms with E-state index in [-0.39, 0.29) is 5.78 Å². The minimum atomic E-state index is -0.938. The van der Waals surface area contributed by atoms with Crippen molar-refractivity contribution in [1.29, 1.82) is 0 Å². The number of ketones is 1. The normalized spacial score (nSPS) is 21.5. The predicted molar refractivity (Wildman–Crippen MR) is 75.3 cm³/mol. The molecule has 0 amide bonds. The Kier molecular flexibility index (Phi) is 4.45. The first-order valence-electron chi connectivity index (χ1n) is 6.30. The van der Waals surface area contributed by atoms with Gasteiger partial charge in [0.2, 0.25) is 0 Å². The molecule has 0 spiro atoms. The zero-order valence-electron chi connectivity index (χ0n) is 11.0. The number of aliphatic carboxylic acids is 1.